The number of nitrogens with one attached hydrogen (secondary N) is 2. The average Bonchev–Trinajstić information content (AvgIpc) is 3.52. The Hall–Kier alpha value is -2.41. The van der Waals surface area contributed by atoms with Gasteiger partial charge >= 0.3 is 0 Å². The van der Waals surface area contributed by atoms with Crippen molar-refractivity contribution >= 4 is 49.7 Å². The second-order valence-electron chi connectivity index (χ2n) is 7.89. The second kappa shape index (κ2) is 12.0. The minimum atomic E-state index is -3.56. The number of anilines is 1. The minimum Gasteiger partial charge on any atom is -0.289 e. The highest BCUT2D eigenvalue weighted by Gasteiger charge is 2.23. The van der Waals surface area contributed by atoms with E-state index in [2.05, 4.69) is 9.44 Å². The molecule has 2 aromatic carbocycles. The predicted octanol–water partition coefficient (Wildman–Crippen LogP) is 5.26. The maximum atomic E-state index is 13.0. The number of hydrogen-bond donors (Lipinski definition) is 3. The Morgan fingerprint density at radius 3 is 2.43 bits per heavy atom. The molecule has 1 unspecified atom stereocenters. The van der Waals surface area contributed by atoms with Crippen LogP contribution < -0.4 is 9.44 Å². The Balaban J connectivity index is 1.49. The van der Waals surface area contributed by atoms with Crippen LogP contribution in [0.25, 0.3) is 9.88 Å². The fraction of sp³-hybridized carbons (Fsp3) is 0.208. The summed E-state index contributed by atoms with van der Waals surface area (Å²) in [6.45, 7) is 0. The lowest BCUT2D eigenvalue weighted by atomic mass is 10.0. The van der Waals surface area contributed by atoms with Crippen molar-refractivity contribution in [1.82, 2.24) is 9.71 Å². The van der Waals surface area contributed by atoms with Gasteiger partial charge in [-0.15, -0.1) is 22.7 Å². The highest BCUT2D eigenvalue weighted by atomic mass is 32.2. The smallest absolute Gasteiger partial charge is 0.259 e. The maximum Gasteiger partial charge on any atom is 0.259 e. The lowest BCUT2D eigenvalue weighted by molar-refractivity contribution is 0.548. The van der Waals surface area contributed by atoms with Gasteiger partial charge in [0.2, 0.25) is 10.0 Å². The van der Waals surface area contributed by atoms with Crippen LogP contribution >= 0.6 is 22.7 Å². The summed E-state index contributed by atoms with van der Waals surface area (Å²) in [4.78, 5) is 5.77. The molecule has 2 aromatic heterocycles. The van der Waals surface area contributed by atoms with Gasteiger partial charge in [-0.05, 0) is 54.0 Å². The normalized spacial score (nSPS) is 13.4. The molecule has 35 heavy (non-hydrogen) atoms. The molecule has 3 N–H and O–H groups in total. The molecule has 0 saturated heterocycles. The van der Waals surface area contributed by atoms with Crippen molar-refractivity contribution in [1.29, 1.82) is 0 Å². The highest BCUT2D eigenvalue weighted by Crippen LogP contribution is 2.31. The van der Waals surface area contributed by atoms with Crippen LogP contribution in [0, 0.1) is 0 Å². The van der Waals surface area contributed by atoms with E-state index < -0.39 is 27.3 Å². The Bertz CT molecular complexity index is 1340. The van der Waals surface area contributed by atoms with Crippen LogP contribution in [-0.4, -0.2) is 27.9 Å². The van der Waals surface area contributed by atoms with E-state index >= 15 is 0 Å². The van der Waals surface area contributed by atoms with Crippen molar-refractivity contribution in [3.8, 4) is 9.88 Å². The summed E-state index contributed by atoms with van der Waals surface area (Å²) in [7, 11) is -3.56. The van der Waals surface area contributed by atoms with Crippen molar-refractivity contribution in [3.05, 3.63) is 94.3 Å². The molecule has 2 atom stereocenters. The molecular weight excluding hydrogens is 523 g/mol. The number of thiophene rings is 1. The van der Waals surface area contributed by atoms with E-state index in [0.717, 1.165) is 21.0 Å². The lowest BCUT2D eigenvalue weighted by Crippen LogP contribution is -2.32. The lowest BCUT2D eigenvalue weighted by Gasteiger charge is -2.18. The van der Waals surface area contributed by atoms with E-state index in [4.69, 9.17) is 9.54 Å². The molecular formula is C24H25N3O4S4. The molecule has 0 spiro atoms. The molecule has 4 rings (SSSR count). The van der Waals surface area contributed by atoms with Gasteiger partial charge in [0.05, 0.1) is 22.4 Å². The number of benzene rings is 2. The quantitative estimate of drug-likeness (QED) is 0.210. The molecule has 4 aromatic rings. The molecule has 0 aliphatic heterocycles. The first-order valence-electron chi connectivity index (χ1n) is 10.9. The van der Waals surface area contributed by atoms with Crippen molar-refractivity contribution in [3.63, 3.8) is 0 Å². The molecule has 0 aliphatic rings. The third-order valence-electron chi connectivity index (χ3n) is 5.25. The molecule has 0 amide bonds. The summed E-state index contributed by atoms with van der Waals surface area (Å²) >= 11 is 0.924. The number of thiazole rings is 1. The standard InChI is InChI=1S/C24H25N3O4S4/c28-34(29)26-20-12-10-19(11-13-20)16-21(22-17-33-24(25-22)23-9-4-14-32-23)27-35(30,31)15-5-8-18-6-2-1-3-7-18/h1-4,6-7,9-14,17,21,26-27H,5,8,15-16H2,(H,28,29)/t21-/m0/s1. The summed E-state index contributed by atoms with van der Waals surface area (Å²) in [5, 5.41) is 4.74. The van der Waals surface area contributed by atoms with E-state index in [9.17, 15) is 12.6 Å². The van der Waals surface area contributed by atoms with E-state index in [1.807, 2.05) is 53.2 Å². The topological polar surface area (TPSA) is 108 Å². The average molecular weight is 548 g/mol. The van der Waals surface area contributed by atoms with Crippen molar-refractivity contribution in [2.75, 3.05) is 10.5 Å². The van der Waals surface area contributed by atoms with Crippen molar-refractivity contribution < 1.29 is 17.2 Å². The molecule has 0 aliphatic carbocycles. The number of rotatable bonds is 12. The number of aryl methyl sites for hydroxylation is 1. The summed E-state index contributed by atoms with van der Waals surface area (Å²) in [6.07, 6.45) is 1.60. The van der Waals surface area contributed by atoms with Crippen LogP contribution in [0.1, 0.15) is 29.3 Å². The van der Waals surface area contributed by atoms with Crippen LogP contribution in [0.15, 0.2) is 77.5 Å². The van der Waals surface area contributed by atoms with Gasteiger partial charge in [0.1, 0.15) is 5.01 Å². The van der Waals surface area contributed by atoms with Crippen molar-refractivity contribution in [2.24, 2.45) is 0 Å². The van der Waals surface area contributed by atoms with Crippen LogP contribution in [-0.2, 0) is 34.1 Å². The van der Waals surface area contributed by atoms with Crippen LogP contribution in [0.3, 0.4) is 0 Å². The molecule has 2 heterocycles. The van der Waals surface area contributed by atoms with E-state index in [0.29, 0.717) is 30.6 Å². The molecule has 0 saturated carbocycles. The Labute approximate surface area is 215 Å². The monoisotopic (exact) mass is 547 g/mol. The van der Waals surface area contributed by atoms with Gasteiger partial charge in [-0.2, -0.15) is 0 Å². The Kier molecular flexibility index (Phi) is 8.82. The summed E-state index contributed by atoms with van der Waals surface area (Å²) in [5.41, 5.74) is 3.16. The first kappa shape index (κ1) is 25.7. The van der Waals surface area contributed by atoms with Gasteiger partial charge in [-0.3, -0.25) is 9.27 Å². The van der Waals surface area contributed by atoms with Crippen LogP contribution in [0.2, 0.25) is 0 Å². The molecule has 184 valence electrons. The number of aromatic nitrogens is 1. The second-order valence-corrected chi connectivity index (χ2v) is 12.3. The van der Waals surface area contributed by atoms with Gasteiger partial charge in [-0.1, -0.05) is 48.5 Å². The SMILES string of the molecule is O=S(O)Nc1ccc(C[C@H](NS(=O)(=O)CCCc2ccccc2)c2csc(-c3cccs3)n2)cc1. The third-order valence-corrected chi connectivity index (χ3v) is 9.03. The summed E-state index contributed by atoms with van der Waals surface area (Å²) in [6, 6.07) is 20.2. The van der Waals surface area contributed by atoms with Gasteiger partial charge in [0, 0.05) is 11.1 Å². The van der Waals surface area contributed by atoms with Gasteiger partial charge < -0.3 is 0 Å². The van der Waals surface area contributed by atoms with Gasteiger partial charge in [0.25, 0.3) is 11.3 Å². The number of nitrogens with zero attached hydrogens (tertiary/aromatic N) is 1. The van der Waals surface area contributed by atoms with E-state index in [1.165, 1.54) is 11.3 Å². The predicted molar refractivity (Wildman–Crippen MR) is 144 cm³/mol. The Morgan fingerprint density at radius 2 is 1.74 bits per heavy atom. The number of hydrogen-bond acceptors (Lipinski definition) is 6. The maximum absolute atomic E-state index is 13.0. The summed E-state index contributed by atoms with van der Waals surface area (Å²) < 4.78 is 51.3. The van der Waals surface area contributed by atoms with Crippen LogP contribution in [0.5, 0.6) is 0 Å². The summed E-state index contributed by atoms with van der Waals surface area (Å²) in [5.74, 6) is 0.0193. The minimum absolute atomic E-state index is 0.0193. The fourth-order valence-electron chi connectivity index (χ4n) is 3.60. The zero-order chi connectivity index (χ0) is 24.7. The Morgan fingerprint density at radius 1 is 0.971 bits per heavy atom. The van der Waals surface area contributed by atoms with Gasteiger partial charge in [-0.25, -0.2) is 22.3 Å². The molecule has 0 bridgehead atoms. The third kappa shape index (κ3) is 7.79. The van der Waals surface area contributed by atoms with E-state index in [1.54, 1.807) is 35.6 Å². The highest BCUT2D eigenvalue weighted by molar-refractivity contribution is 7.89. The molecule has 0 fully saturated rings. The van der Waals surface area contributed by atoms with Crippen LogP contribution in [0.4, 0.5) is 5.69 Å². The first-order chi connectivity index (χ1) is 16.9. The molecule has 7 nitrogen and oxygen atoms in total. The first-order valence-corrected chi connectivity index (χ1v) is 15.4. The zero-order valence-electron chi connectivity index (χ0n) is 18.7. The zero-order valence-corrected chi connectivity index (χ0v) is 21.9. The van der Waals surface area contributed by atoms with Crippen molar-refractivity contribution in [2.45, 2.75) is 25.3 Å². The molecule has 11 heteroatoms. The fourth-order valence-corrected chi connectivity index (χ4v) is 6.90. The molecule has 0 radical (unpaired) electrons. The van der Waals surface area contributed by atoms with Gasteiger partial charge in [0.15, 0.2) is 0 Å². The van der Waals surface area contributed by atoms with E-state index in [-0.39, 0.29) is 5.75 Å². The number of sulfonamides is 1. The largest absolute Gasteiger partial charge is 0.289 e.